The van der Waals surface area contributed by atoms with Crippen LogP contribution in [0.5, 0.6) is 0 Å². The summed E-state index contributed by atoms with van der Waals surface area (Å²) in [5, 5.41) is 0. The van der Waals surface area contributed by atoms with E-state index >= 15 is 0 Å². The molecule has 0 spiro atoms. The Balaban J connectivity index is 2.27. The lowest BCUT2D eigenvalue weighted by atomic mass is 10.2. The fraction of sp³-hybridized carbons (Fsp3) is 1.00. The van der Waals surface area contributed by atoms with Crippen molar-refractivity contribution in [1.29, 1.82) is 0 Å². The monoisotopic (exact) mass is 245 g/mol. The molecule has 0 saturated carbocycles. The molecular formula is C12H27N3O2. The van der Waals surface area contributed by atoms with Crippen LogP contribution < -0.4 is 5.73 Å². The zero-order valence-electron chi connectivity index (χ0n) is 11.2. The van der Waals surface area contributed by atoms with E-state index in [-0.39, 0.29) is 0 Å². The molecule has 0 aromatic rings. The van der Waals surface area contributed by atoms with Gasteiger partial charge in [0.1, 0.15) is 0 Å². The highest BCUT2D eigenvalue weighted by atomic mass is 16.5. The number of methoxy groups -OCH3 is 1. The van der Waals surface area contributed by atoms with Gasteiger partial charge in [-0.1, -0.05) is 0 Å². The zero-order valence-corrected chi connectivity index (χ0v) is 11.2. The summed E-state index contributed by atoms with van der Waals surface area (Å²) in [4.78, 5) is 4.83. The highest BCUT2D eigenvalue weighted by Crippen LogP contribution is 2.06. The zero-order chi connectivity index (χ0) is 12.5. The first-order chi connectivity index (χ1) is 8.27. The third kappa shape index (κ3) is 5.79. The van der Waals surface area contributed by atoms with Gasteiger partial charge >= 0.3 is 0 Å². The molecule has 102 valence electrons. The molecule has 1 unspecified atom stereocenters. The van der Waals surface area contributed by atoms with Crippen LogP contribution in [0.4, 0.5) is 0 Å². The molecule has 0 aromatic heterocycles. The van der Waals surface area contributed by atoms with Crippen LogP contribution in [-0.2, 0) is 9.47 Å². The third-order valence-corrected chi connectivity index (χ3v) is 3.28. The topological polar surface area (TPSA) is 51.0 Å². The van der Waals surface area contributed by atoms with E-state index in [1.807, 2.05) is 0 Å². The Morgan fingerprint density at radius 2 is 2.00 bits per heavy atom. The molecule has 5 nitrogen and oxygen atoms in total. The second-order valence-corrected chi connectivity index (χ2v) is 4.65. The van der Waals surface area contributed by atoms with Crippen LogP contribution in [0.2, 0.25) is 0 Å². The largest absolute Gasteiger partial charge is 0.382 e. The Labute approximate surface area is 105 Å². The standard InChI is InChI=1S/C12H27N3O2/c1-14-4-3-5-15(7-6-14)12(10-13)11-17-9-8-16-2/h12H,3-11,13H2,1-2H3. The van der Waals surface area contributed by atoms with Gasteiger partial charge in [0.2, 0.25) is 0 Å². The molecule has 5 heteroatoms. The van der Waals surface area contributed by atoms with Gasteiger partial charge in [0.05, 0.1) is 19.8 Å². The molecule has 0 aromatic carbocycles. The average Bonchev–Trinajstić information content (AvgIpc) is 2.55. The van der Waals surface area contributed by atoms with Gasteiger partial charge in [-0.2, -0.15) is 0 Å². The lowest BCUT2D eigenvalue weighted by molar-refractivity contribution is 0.0330. The van der Waals surface area contributed by atoms with Crippen LogP contribution in [0.3, 0.4) is 0 Å². The van der Waals surface area contributed by atoms with E-state index in [0.29, 0.717) is 32.4 Å². The average molecular weight is 245 g/mol. The predicted molar refractivity (Wildman–Crippen MR) is 69.2 cm³/mol. The normalized spacial score (nSPS) is 21.4. The third-order valence-electron chi connectivity index (χ3n) is 3.28. The van der Waals surface area contributed by atoms with E-state index in [0.717, 1.165) is 19.6 Å². The van der Waals surface area contributed by atoms with Crippen LogP contribution in [0.25, 0.3) is 0 Å². The van der Waals surface area contributed by atoms with E-state index in [2.05, 4.69) is 16.8 Å². The summed E-state index contributed by atoms with van der Waals surface area (Å²) in [7, 11) is 3.87. The molecule has 0 amide bonds. The minimum Gasteiger partial charge on any atom is -0.382 e. The lowest BCUT2D eigenvalue weighted by Crippen LogP contribution is -2.45. The van der Waals surface area contributed by atoms with E-state index in [4.69, 9.17) is 15.2 Å². The van der Waals surface area contributed by atoms with Crippen LogP contribution in [0, 0.1) is 0 Å². The molecular weight excluding hydrogens is 218 g/mol. The molecule has 2 N–H and O–H groups in total. The molecule has 0 aliphatic carbocycles. The number of hydrogen-bond donors (Lipinski definition) is 1. The van der Waals surface area contributed by atoms with E-state index in [1.54, 1.807) is 7.11 Å². The molecule has 1 rings (SSSR count). The SMILES string of the molecule is COCCOCC(CN)N1CCCN(C)CC1. The Morgan fingerprint density at radius 3 is 2.71 bits per heavy atom. The number of rotatable bonds is 7. The van der Waals surface area contributed by atoms with Crippen LogP contribution in [0.15, 0.2) is 0 Å². The summed E-state index contributed by atoms with van der Waals surface area (Å²) in [5.41, 5.74) is 5.84. The molecule has 0 bridgehead atoms. The maximum Gasteiger partial charge on any atom is 0.0701 e. The fourth-order valence-corrected chi connectivity index (χ4v) is 2.12. The first-order valence-electron chi connectivity index (χ1n) is 6.47. The van der Waals surface area contributed by atoms with Crippen molar-refractivity contribution in [3.05, 3.63) is 0 Å². The van der Waals surface area contributed by atoms with Gasteiger partial charge in [-0.05, 0) is 26.6 Å². The van der Waals surface area contributed by atoms with E-state index in [1.165, 1.54) is 13.0 Å². The van der Waals surface area contributed by atoms with Crippen molar-refractivity contribution < 1.29 is 9.47 Å². The van der Waals surface area contributed by atoms with Gasteiger partial charge in [-0.15, -0.1) is 0 Å². The maximum atomic E-state index is 5.84. The first-order valence-corrected chi connectivity index (χ1v) is 6.47. The minimum atomic E-state index is 0.346. The van der Waals surface area contributed by atoms with Gasteiger partial charge in [0, 0.05) is 32.8 Å². The predicted octanol–water partition coefficient (Wildman–Crippen LogP) is -0.386. The van der Waals surface area contributed by atoms with Gasteiger partial charge in [0.25, 0.3) is 0 Å². The van der Waals surface area contributed by atoms with Gasteiger partial charge in [-0.25, -0.2) is 0 Å². The Kier molecular flexibility index (Phi) is 7.72. The molecule has 1 fully saturated rings. The molecule has 1 atom stereocenters. The van der Waals surface area contributed by atoms with Crippen molar-refractivity contribution in [2.24, 2.45) is 5.73 Å². The highest BCUT2D eigenvalue weighted by molar-refractivity contribution is 4.76. The van der Waals surface area contributed by atoms with Crippen LogP contribution >= 0.6 is 0 Å². The molecule has 17 heavy (non-hydrogen) atoms. The van der Waals surface area contributed by atoms with Crippen molar-refractivity contribution >= 4 is 0 Å². The number of nitrogens with two attached hydrogens (primary N) is 1. The summed E-state index contributed by atoms with van der Waals surface area (Å²) in [5.74, 6) is 0. The Morgan fingerprint density at radius 1 is 1.18 bits per heavy atom. The summed E-state index contributed by atoms with van der Waals surface area (Å²) in [6, 6.07) is 0.346. The summed E-state index contributed by atoms with van der Waals surface area (Å²) in [6.07, 6.45) is 1.21. The van der Waals surface area contributed by atoms with Gasteiger partial charge in [0.15, 0.2) is 0 Å². The van der Waals surface area contributed by atoms with Crippen molar-refractivity contribution in [2.75, 3.05) is 66.7 Å². The number of likely N-dealkylation sites (N-methyl/N-ethyl adjacent to an activating group) is 1. The highest BCUT2D eigenvalue weighted by Gasteiger charge is 2.19. The van der Waals surface area contributed by atoms with E-state index < -0.39 is 0 Å². The van der Waals surface area contributed by atoms with Crippen molar-refractivity contribution in [1.82, 2.24) is 9.80 Å². The maximum absolute atomic E-state index is 5.84. The quantitative estimate of drug-likeness (QED) is 0.619. The number of nitrogens with zero attached hydrogens (tertiary/aromatic N) is 2. The van der Waals surface area contributed by atoms with Gasteiger partial charge in [-0.3, -0.25) is 4.90 Å². The second kappa shape index (κ2) is 8.83. The fourth-order valence-electron chi connectivity index (χ4n) is 2.12. The summed E-state index contributed by atoms with van der Waals surface area (Å²) >= 11 is 0. The smallest absolute Gasteiger partial charge is 0.0701 e. The summed E-state index contributed by atoms with van der Waals surface area (Å²) < 4.78 is 10.5. The van der Waals surface area contributed by atoms with E-state index in [9.17, 15) is 0 Å². The Hall–Kier alpha value is -0.200. The minimum absolute atomic E-state index is 0.346. The summed E-state index contributed by atoms with van der Waals surface area (Å²) in [6.45, 7) is 7.19. The van der Waals surface area contributed by atoms with Crippen molar-refractivity contribution in [3.8, 4) is 0 Å². The molecule has 1 saturated heterocycles. The lowest BCUT2D eigenvalue weighted by Gasteiger charge is -2.29. The van der Waals surface area contributed by atoms with Crippen LogP contribution in [0.1, 0.15) is 6.42 Å². The van der Waals surface area contributed by atoms with Gasteiger partial charge < -0.3 is 20.1 Å². The van der Waals surface area contributed by atoms with Crippen molar-refractivity contribution in [2.45, 2.75) is 12.5 Å². The Bertz CT molecular complexity index is 193. The molecule has 0 radical (unpaired) electrons. The molecule has 1 aliphatic heterocycles. The van der Waals surface area contributed by atoms with Crippen LogP contribution in [-0.4, -0.2) is 82.5 Å². The number of hydrogen-bond acceptors (Lipinski definition) is 5. The number of ether oxygens (including phenoxy) is 2. The van der Waals surface area contributed by atoms with Crippen molar-refractivity contribution in [3.63, 3.8) is 0 Å². The second-order valence-electron chi connectivity index (χ2n) is 4.65. The molecule has 1 aliphatic rings. The molecule has 1 heterocycles. The first kappa shape index (κ1) is 14.9.